The molecule has 0 bridgehead atoms. The van der Waals surface area contributed by atoms with Crippen LogP contribution in [0.1, 0.15) is 44.6 Å². The molecule has 3 heteroatoms. The molecule has 1 rings (SSSR count). The van der Waals surface area contributed by atoms with Crippen molar-refractivity contribution < 1.29 is 14.3 Å². The Kier molecular flexibility index (Phi) is 6.26. The minimum absolute atomic E-state index is 0.102. The van der Waals surface area contributed by atoms with Gasteiger partial charge in [-0.05, 0) is 43.4 Å². The zero-order chi connectivity index (χ0) is 13.4. The topological polar surface area (TPSA) is 35.5 Å². The molecular formula is C15H22O3. The van der Waals surface area contributed by atoms with E-state index in [0.717, 1.165) is 18.6 Å². The van der Waals surface area contributed by atoms with Crippen LogP contribution in [0.4, 0.5) is 0 Å². The van der Waals surface area contributed by atoms with Gasteiger partial charge in [-0.25, -0.2) is 0 Å². The van der Waals surface area contributed by atoms with Crippen molar-refractivity contribution in [3.63, 3.8) is 0 Å². The van der Waals surface area contributed by atoms with E-state index in [-0.39, 0.29) is 5.97 Å². The standard InChI is InChI=1S/C15H22O3/c1-4-18-15(16)10-5-7-12(2)13-8-6-9-14(11-13)17-3/h6,8-9,11-12H,4-5,7,10H2,1-3H3. The molecule has 0 saturated carbocycles. The van der Waals surface area contributed by atoms with Crippen molar-refractivity contribution in [1.82, 2.24) is 0 Å². The summed E-state index contributed by atoms with van der Waals surface area (Å²) in [7, 11) is 1.67. The Balaban J connectivity index is 2.40. The summed E-state index contributed by atoms with van der Waals surface area (Å²) in [5, 5.41) is 0. The van der Waals surface area contributed by atoms with Crippen LogP contribution in [0.15, 0.2) is 24.3 Å². The zero-order valence-electron chi connectivity index (χ0n) is 11.4. The monoisotopic (exact) mass is 250 g/mol. The van der Waals surface area contributed by atoms with Gasteiger partial charge in [-0.3, -0.25) is 4.79 Å². The lowest BCUT2D eigenvalue weighted by Crippen LogP contribution is -2.04. The Morgan fingerprint density at radius 2 is 2.17 bits per heavy atom. The van der Waals surface area contributed by atoms with Gasteiger partial charge >= 0.3 is 5.97 Å². The van der Waals surface area contributed by atoms with Crippen LogP contribution in [0, 0.1) is 0 Å². The van der Waals surface area contributed by atoms with Crippen molar-refractivity contribution in [1.29, 1.82) is 0 Å². The molecule has 0 aliphatic heterocycles. The van der Waals surface area contributed by atoms with E-state index >= 15 is 0 Å². The van der Waals surface area contributed by atoms with Crippen molar-refractivity contribution >= 4 is 5.97 Å². The van der Waals surface area contributed by atoms with E-state index in [1.54, 1.807) is 7.11 Å². The van der Waals surface area contributed by atoms with E-state index in [4.69, 9.17) is 9.47 Å². The molecule has 0 aliphatic carbocycles. The van der Waals surface area contributed by atoms with Gasteiger partial charge in [-0.1, -0.05) is 19.1 Å². The van der Waals surface area contributed by atoms with E-state index < -0.39 is 0 Å². The minimum atomic E-state index is -0.102. The van der Waals surface area contributed by atoms with E-state index in [1.165, 1.54) is 5.56 Å². The molecular weight excluding hydrogens is 228 g/mol. The van der Waals surface area contributed by atoms with Crippen LogP contribution in [0.5, 0.6) is 5.75 Å². The van der Waals surface area contributed by atoms with Gasteiger partial charge in [0, 0.05) is 6.42 Å². The maximum atomic E-state index is 11.2. The van der Waals surface area contributed by atoms with E-state index in [1.807, 2.05) is 19.1 Å². The Morgan fingerprint density at radius 3 is 2.83 bits per heavy atom. The lowest BCUT2D eigenvalue weighted by Gasteiger charge is -2.12. The quantitative estimate of drug-likeness (QED) is 0.694. The molecule has 0 heterocycles. The molecule has 0 spiro atoms. The van der Waals surface area contributed by atoms with Crippen LogP contribution in [-0.4, -0.2) is 19.7 Å². The van der Waals surface area contributed by atoms with Gasteiger partial charge in [-0.2, -0.15) is 0 Å². The fourth-order valence-corrected chi connectivity index (χ4v) is 1.90. The van der Waals surface area contributed by atoms with Gasteiger partial charge in [0.1, 0.15) is 5.75 Å². The van der Waals surface area contributed by atoms with Crippen molar-refractivity contribution in [2.24, 2.45) is 0 Å². The summed E-state index contributed by atoms with van der Waals surface area (Å²) in [5.41, 5.74) is 1.25. The number of ether oxygens (including phenoxy) is 2. The summed E-state index contributed by atoms with van der Waals surface area (Å²) in [6.45, 7) is 4.46. The van der Waals surface area contributed by atoms with Crippen LogP contribution in [0.3, 0.4) is 0 Å². The molecule has 1 atom stereocenters. The molecule has 100 valence electrons. The molecule has 3 nitrogen and oxygen atoms in total. The SMILES string of the molecule is CCOC(=O)CCCC(C)c1cccc(OC)c1. The Hall–Kier alpha value is -1.51. The van der Waals surface area contributed by atoms with Gasteiger partial charge in [0.05, 0.1) is 13.7 Å². The molecule has 0 fully saturated rings. The van der Waals surface area contributed by atoms with Crippen LogP contribution >= 0.6 is 0 Å². The summed E-state index contributed by atoms with van der Waals surface area (Å²) in [6, 6.07) is 8.08. The van der Waals surface area contributed by atoms with E-state index in [0.29, 0.717) is 18.9 Å². The maximum Gasteiger partial charge on any atom is 0.305 e. The molecule has 0 amide bonds. The molecule has 1 aromatic carbocycles. The number of esters is 1. The first-order valence-electron chi connectivity index (χ1n) is 6.47. The van der Waals surface area contributed by atoms with Crippen molar-refractivity contribution in [3.05, 3.63) is 29.8 Å². The smallest absolute Gasteiger partial charge is 0.305 e. The van der Waals surface area contributed by atoms with Crippen LogP contribution in [0.25, 0.3) is 0 Å². The molecule has 1 aromatic rings. The van der Waals surface area contributed by atoms with Gasteiger partial charge in [0.15, 0.2) is 0 Å². The fourth-order valence-electron chi connectivity index (χ4n) is 1.90. The highest BCUT2D eigenvalue weighted by Crippen LogP contribution is 2.24. The van der Waals surface area contributed by atoms with E-state index in [2.05, 4.69) is 19.1 Å². The number of hydrogen-bond donors (Lipinski definition) is 0. The second kappa shape index (κ2) is 7.75. The number of carbonyl (C=O) groups is 1. The highest BCUT2D eigenvalue weighted by molar-refractivity contribution is 5.69. The number of methoxy groups -OCH3 is 1. The number of hydrogen-bond acceptors (Lipinski definition) is 3. The molecule has 0 radical (unpaired) electrons. The first-order valence-corrected chi connectivity index (χ1v) is 6.47. The van der Waals surface area contributed by atoms with Crippen molar-refractivity contribution in [2.75, 3.05) is 13.7 Å². The predicted molar refractivity (Wildman–Crippen MR) is 71.9 cm³/mol. The molecule has 18 heavy (non-hydrogen) atoms. The lowest BCUT2D eigenvalue weighted by molar-refractivity contribution is -0.143. The molecule has 0 aromatic heterocycles. The van der Waals surface area contributed by atoms with Gasteiger partial charge in [0.2, 0.25) is 0 Å². The first kappa shape index (κ1) is 14.6. The average Bonchev–Trinajstić information content (AvgIpc) is 2.39. The summed E-state index contributed by atoms with van der Waals surface area (Å²) < 4.78 is 10.1. The highest BCUT2D eigenvalue weighted by Gasteiger charge is 2.08. The second-order valence-corrected chi connectivity index (χ2v) is 4.37. The third-order valence-electron chi connectivity index (χ3n) is 2.99. The third kappa shape index (κ3) is 4.78. The largest absolute Gasteiger partial charge is 0.497 e. The van der Waals surface area contributed by atoms with Crippen molar-refractivity contribution in [2.45, 2.75) is 39.0 Å². The molecule has 0 aliphatic rings. The number of rotatable bonds is 7. The first-order chi connectivity index (χ1) is 8.67. The van der Waals surface area contributed by atoms with Crippen LogP contribution in [-0.2, 0) is 9.53 Å². The summed E-state index contributed by atoms with van der Waals surface area (Å²) in [4.78, 5) is 11.2. The Bertz CT molecular complexity index is 374. The predicted octanol–water partition coefficient (Wildman–Crippen LogP) is 3.53. The summed E-state index contributed by atoms with van der Waals surface area (Å²) in [5.74, 6) is 1.20. The third-order valence-corrected chi connectivity index (χ3v) is 2.99. The zero-order valence-corrected chi connectivity index (χ0v) is 11.4. The Labute approximate surface area is 109 Å². The Morgan fingerprint density at radius 1 is 1.39 bits per heavy atom. The molecule has 0 N–H and O–H groups in total. The molecule has 1 unspecified atom stereocenters. The highest BCUT2D eigenvalue weighted by atomic mass is 16.5. The minimum Gasteiger partial charge on any atom is -0.497 e. The summed E-state index contributed by atoms with van der Waals surface area (Å²) >= 11 is 0. The lowest BCUT2D eigenvalue weighted by atomic mass is 9.95. The number of carbonyl (C=O) groups excluding carboxylic acids is 1. The maximum absolute atomic E-state index is 11.2. The van der Waals surface area contributed by atoms with Crippen LogP contribution in [0.2, 0.25) is 0 Å². The van der Waals surface area contributed by atoms with Gasteiger partial charge in [0.25, 0.3) is 0 Å². The van der Waals surface area contributed by atoms with Gasteiger partial charge < -0.3 is 9.47 Å². The fraction of sp³-hybridized carbons (Fsp3) is 0.533. The van der Waals surface area contributed by atoms with E-state index in [9.17, 15) is 4.79 Å². The van der Waals surface area contributed by atoms with Crippen molar-refractivity contribution in [3.8, 4) is 5.75 Å². The summed E-state index contributed by atoms with van der Waals surface area (Å²) in [6.07, 6.45) is 2.34. The number of benzene rings is 1. The average molecular weight is 250 g/mol. The molecule has 0 saturated heterocycles. The van der Waals surface area contributed by atoms with Gasteiger partial charge in [-0.15, -0.1) is 0 Å². The normalized spacial score (nSPS) is 11.9. The van der Waals surface area contributed by atoms with Crippen LogP contribution < -0.4 is 4.74 Å². The second-order valence-electron chi connectivity index (χ2n) is 4.37.